The van der Waals surface area contributed by atoms with Gasteiger partial charge in [-0.3, -0.25) is 4.90 Å². The Morgan fingerprint density at radius 3 is 3.07 bits per heavy atom. The van der Waals surface area contributed by atoms with Gasteiger partial charge in [-0.25, -0.2) is 0 Å². The lowest BCUT2D eigenvalue weighted by Crippen LogP contribution is -2.34. The Bertz CT molecular complexity index is 338. The predicted octanol–water partition coefficient (Wildman–Crippen LogP) is 1.01. The van der Waals surface area contributed by atoms with Crippen LogP contribution in [-0.2, 0) is 13.0 Å². The molecule has 1 aromatic carbocycles. The van der Waals surface area contributed by atoms with Crippen molar-refractivity contribution in [2.24, 2.45) is 5.73 Å². The maximum atomic E-state index is 5.57. The number of benzene rings is 1. The molecule has 0 saturated heterocycles. The van der Waals surface area contributed by atoms with Gasteiger partial charge >= 0.3 is 0 Å². The van der Waals surface area contributed by atoms with Crippen molar-refractivity contribution in [1.82, 2.24) is 4.90 Å². The molecule has 0 fully saturated rings. The third-order valence-electron chi connectivity index (χ3n) is 2.97. The van der Waals surface area contributed by atoms with Crippen LogP contribution in [0.2, 0.25) is 0 Å². The van der Waals surface area contributed by atoms with Crippen LogP contribution in [0.15, 0.2) is 18.2 Å². The van der Waals surface area contributed by atoms with Gasteiger partial charge in [0, 0.05) is 26.2 Å². The van der Waals surface area contributed by atoms with Crippen molar-refractivity contribution in [3.63, 3.8) is 0 Å². The van der Waals surface area contributed by atoms with E-state index in [0.29, 0.717) is 0 Å². The highest BCUT2D eigenvalue weighted by Gasteiger charge is 2.18. The summed E-state index contributed by atoms with van der Waals surface area (Å²) in [6.45, 7) is 3.81. The first-order valence-electron chi connectivity index (χ1n) is 5.42. The minimum Gasteiger partial charge on any atom is -0.496 e. The number of rotatable bonds is 3. The molecule has 3 nitrogen and oxygen atoms in total. The summed E-state index contributed by atoms with van der Waals surface area (Å²) in [4.78, 5) is 2.39. The van der Waals surface area contributed by atoms with Crippen LogP contribution in [0.5, 0.6) is 5.75 Å². The molecule has 3 heteroatoms. The fourth-order valence-electron chi connectivity index (χ4n) is 2.20. The first kappa shape index (κ1) is 10.5. The molecule has 0 spiro atoms. The number of hydrogen-bond acceptors (Lipinski definition) is 3. The Balaban J connectivity index is 2.20. The molecule has 0 aliphatic carbocycles. The third kappa shape index (κ3) is 2.13. The lowest BCUT2D eigenvalue weighted by Gasteiger charge is -2.29. The number of fused-ring (bicyclic) bond motifs is 1. The number of methoxy groups -OCH3 is 1. The van der Waals surface area contributed by atoms with Gasteiger partial charge in [0.1, 0.15) is 5.75 Å². The Morgan fingerprint density at radius 1 is 1.47 bits per heavy atom. The van der Waals surface area contributed by atoms with Gasteiger partial charge < -0.3 is 10.5 Å². The highest BCUT2D eigenvalue weighted by Crippen LogP contribution is 2.27. The fourth-order valence-corrected chi connectivity index (χ4v) is 2.20. The van der Waals surface area contributed by atoms with E-state index in [1.807, 2.05) is 6.07 Å². The zero-order valence-corrected chi connectivity index (χ0v) is 9.20. The van der Waals surface area contributed by atoms with Crippen LogP contribution in [0.3, 0.4) is 0 Å². The lowest BCUT2D eigenvalue weighted by molar-refractivity contribution is 0.258. The second kappa shape index (κ2) is 4.64. The van der Waals surface area contributed by atoms with Crippen molar-refractivity contribution in [3.05, 3.63) is 29.3 Å². The highest BCUT2D eigenvalue weighted by molar-refractivity contribution is 5.41. The van der Waals surface area contributed by atoms with E-state index in [0.717, 1.165) is 38.3 Å². The molecule has 0 amide bonds. The van der Waals surface area contributed by atoms with Gasteiger partial charge in [0.2, 0.25) is 0 Å². The molecule has 0 atom stereocenters. The topological polar surface area (TPSA) is 38.5 Å². The Hall–Kier alpha value is -1.06. The fraction of sp³-hybridized carbons (Fsp3) is 0.500. The minimum atomic E-state index is 0.735. The SMILES string of the molecule is COc1cccc2c1CCN(CCN)C2. The van der Waals surface area contributed by atoms with Gasteiger partial charge in [0.05, 0.1) is 7.11 Å². The summed E-state index contributed by atoms with van der Waals surface area (Å²) in [6, 6.07) is 6.28. The second-order valence-corrected chi connectivity index (χ2v) is 3.91. The molecule has 1 aliphatic heterocycles. The molecule has 1 aromatic rings. The molecule has 0 unspecified atom stereocenters. The van der Waals surface area contributed by atoms with Gasteiger partial charge in [-0.15, -0.1) is 0 Å². The summed E-state index contributed by atoms with van der Waals surface area (Å²) in [7, 11) is 1.74. The molecule has 0 bridgehead atoms. The van der Waals surface area contributed by atoms with E-state index >= 15 is 0 Å². The molecule has 2 rings (SSSR count). The molecule has 0 aromatic heterocycles. The second-order valence-electron chi connectivity index (χ2n) is 3.91. The monoisotopic (exact) mass is 206 g/mol. The van der Waals surface area contributed by atoms with Crippen molar-refractivity contribution in [2.45, 2.75) is 13.0 Å². The van der Waals surface area contributed by atoms with E-state index in [1.165, 1.54) is 11.1 Å². The van der Waals surface area contributed by atoms with E-state index in [-0.39, 0.29) is 0 Å². The lowest BCUT2D eigenvalue weighted by atomic mass is 9.99. The van der Waals surface area contributed by atoms with Crippen LogP contribution in [-0.4, -0.2) is 31.6 Å². The molecular weight excluding hydrogens is 188 g/mol. The summed E-state index contributed by atoms with van der Waals surface area (Å²) < 4.78 is 5.36. The van der Waals surface area contributed by atoms with Gasteiger partial charge in [0.15, 0.2) is 0 Å². The van der Waals surface area contributed by atoms with Crippen molar-refractivity contribution in [3.8, 4) is 5.75 Å². The summed E-state index contributed by atoms with van der Waals surface area (Å²) in [5.41, 5.74) is 8.32. The van der Waals surface area contributed by atoms with E-state index in [2.05, 4.69) is 17.0 Å². The summed E-state index contributed by atoms with van der Waals surface area (Å²) in [6.07, 6.45) is 1.07. The van der Waals surface area contributed by atoms with E-state index in [9.17, 15) is 0 Å². The molecular formula is C12H18N2O. The van der Waals surface area contributed by atoms with Gasteiger partial charge in [-0.2, -0.15) is 0 Å². The summed E-state index contributed by atoms with van der Waals surface area (Å²) >= 11 is 0. The number of nitrogens with two attached hydrogens (primary N) is 1. The van der Waals surface area contributed by atoms with Crippen LogP contribution in [0.1, 0.15) is 11.1 Å². The number of ether oxygens (including phenoxy) is 1. The molecule has 0 radical (unpaired) electrons. The van der Waals surface area contributed by atoms with Gasteiger partial charge in [-0.1, -0.05) is 12.1 Å². The van der Waals surface area contributed by atoms with E-state index in [4.69, 9.17) is 10.5 Å². The first-order chi connectivity index (χ1) is 7.35. The predicted molar refractivity (Wildman–Crippen MR) is 61.0 cm³/mol. The molecule has 0 saturated carbocycles. The number of nitrogens with zero attached hydrogens (tertiary/aromatic N) is 1. The van der Waals surface area contributed by atoms with Crippen molar-refractivity contribution < 1.29 is 4.74 Å². The normalized spacial score (nSPS) is 16.1. The minimum absolute atomic E-state index is 0.735. The molecule has 82 valence electrons. The number of hydrogen-bond donors (Lipinski definition) is 1. The van der Waals surface area contributed by atoms with Crippen molar-refractivity contribution in [1.29, 1.82) is 0 Å². The Labute approximate surface area is 90.8 Å². The van der Waals surface area contributed by atoms with Crippen LogP contribution in [0.4, 0.5) is 0 Å². The maximum absolute atomic E-state index is 5.57. The molecule has 1 heterocycles. The molecule has 2 N–H and O–H groups in total. The Morgan fingerprint density at radius 2 is 2.33 bits per heavy atom. The zero-order valence-electron chi connectivity index (χ0n) is 9.20. The Kier molecular flexibility index (Phi) is 3.23. The van der Waals surface area contributed by atoms with Crippen LogP contribution >= 0.6 is 0 Å². The first-order valence-corrected chi connectivity index (χ1v) is 5.42. The highest BCUT2D eigenvalue weighted by atomic mass is 16.5. The van der Waals surface area contributed by atoms with E-state index in [1.54, 1.807) is 7.11 Å². The summed E-state index contributed by atoms with van der Waals surface area (Å²) in [5, 5.41) is 0. The van der Waals surface area contributed by atoms with Gasteiger partial charge in [-0.05, 0) is 23.6 Å². The van der Waals surface area contributed by atoms with Crippen molar-refractivity contribution >= 4 is 0 Å². The quantitative estimate of drug-likeness (QED) is 0.802. The standard InChI is InChI=1S/C12H18N2O/c1-15-12-4-2-3-10-9-14(8-6-13)7-5-11(10)12/h2-4H,5-9,13H2,1H3. The zero-order chi connectivity index (χ0) is 10.7. The van der Waals surface area contributed by atoms with Crippen LogP contribution in [0, 0.1) is 0 Å². The summed E-state index contributed by atoms with van der Waals surface area (Å²) in [5.74, 6) is 1.03. The van der Waals surface area contributed by atoms with Crippen molar-refractivity contribution in [2.75, 3.05) is 26.7 Å². The third-order valence-corrected chi connectivity index (χ3v) is 2.97. The largest absolute Gasteiger partial charge is 0.496 e. The van der Waals surface area contributed by atoms with Crippen LogP contribution < -0.4 is 10.5 Å². The maximum Gasteiger partial charge on any atom is 0.122 e. The molecule has 15 heavy (non-hydrogen) atoms. The average molecular weight is 206 g/mol. The van der Waals surface area contributed by atoms with Gasteiger partial charge in [0.25, 0.3) is 0 Å². The average Bonchev–Trinajstić information content (AvgIpc) is 2.28. The van der Waals surface area contributed by atoms with E-state index < -0.39 is 0 Å². The molecule has 1 aliphatic rings. The van der Waals surface area contributed by atoms with Crippen LogP contribution in [0.25, 0.3) is 0 Å². The smallest absolute Gasteiger partial charge is 0.122 e.